The molecule has 1 aromatic rings. The van der Waals surface area contributed by atoms with Gasteiger partial charge in [-0.2, -0.15) is 0 Å². The molecule has 92 valence electrons. The average molecular weight is 247 g/mol. The Morgan fingerprint density at radius 3 is 2.53 bits per heavy atom. The van der Waals surface area contributed by atoms with Crippen molar-refractivity contribution >= 4 is 11.3 Å². The van der Waals surface area contributed by atoms with Gasteiger partial charge in [0.2, 0.25) is 0 Å². The molecule has 0 spiro atoms. The van der Waals surface area contributed by atoms with Gasteiger partial charge in [0.1, 0.15) is 0 Å². The monoisotopic (exact) mass is 247 g/mol. The first kappa shape index (κ1) is 10.6. The minimum Gasteiger partial charge on any atom is -0.309 e. The Hall–Kier alpha value is -0.340. The van der Waals surface area contributed by atoms with Crippen molar-refractivity contribution in [1.82, 2.24) is 5.32 Å². The molecule has 1 heterocycles. The zero-order valence-electron chi connectivity index (χ0n) is 10.7. The van der Waals surface area contributed by atoms with Gasteiger partial charge >= 0.3 is 0 Å². The van der Waals surface area contributed by atoms with Gasteiger partial charge in [0.15, 0.2) is 0 Å². The zero-order valence-corrected chi connectivity index (χ0v) is 11.5. The summed E-state index contributed by atoms with van der Waals surface area (Å²) in [5, 5.41) is 3.84. The summed E-state index contributed by atoms with van der Waals surface area (Å²) >= 11 is 1.94. The summed E-state index contributed by atoms with van der Waals surface area (Å²) in [5.41, 5.74) is 1.53. The molecule has 3 fully saturated rings. The van der Waals surface area contributed by atoms with Crippen molar-refractivity contribution in [3.05, 3.63) is 21.4 Å². The second-order valence-corrected chi connectivity index (χ2v) is 7.79. The van der Waals surface area contributed by atoms with Crippen LogP contribution in [0.3, 0.4) is 0 Å². The molecule has 4 atom stereocenters. The molecule has 1 aromatic heterocycles. The standard InChI is InChI=1S/C15H21NS/c1-8-5-12(9(2)17-8)7-16-15-13-10-3-4-11(6-10)14(13)15/h5,10-11,13-16H,3-4,6-7H2,1-2H3. The summed E-state index contributed by atoms with van der Waals surface area (Å²) < 4.78 is 0. The van der Waals surface area contributed by atoms with Crippen molar-refractivity contribution in [3.63, 3.8) is 0 Å². The Kier molecular flexibility index (Phi) is 2.23. The predicted molar refractivity (Wildman–Crippen MR) is 72.2 cm³/mol. The van der Waals surface area contributed by atoms with Crippen molar-refractivity contribution in [2.75, 3.05) is 0 Å². The first-order valence-corrected chi connectivity index (χ1v) is 7.85. The van der Waals surface area contributed by atoms with Crippen LogP contribution in [-0.4, -0.2) is 6.04 Å². The van der Waals surface area contributed by atoms with Crippen LogP contribution in [0.25, 0.3) is 0 Å². The molecule has 0 aliphatic heterocycles. The van der Waals surface area contributed by atoms with E-state index in [1.165, 1.54) is 28.2 Å². The molecule has 3 aliphatic carbocycles. The van der Waals surface area contributed by atoms with Crippen LogP contribution in [-0.2, 0) is 6.54 Å². The van der Waals surface area contributed by atoms with Crippen LogP contribution < -0.4 is 5.32 Å². The minimum absolute atomic E-state index is 0.876. The van der Waals surface area contributed by atoms with Gasteiger partial charge in [-0.1, -0.05) is 0 Å². The molecule has 0 aromatic carbocycles. The fourth-order valence-electron chi connectivity index (χ4n) is 4.68. The van der Waals surface area contributed by atoms with E-state index >= 15 is 0 Å². The highest BCUT2D eigenvalue weighted by Gasteiger charge is 2.64. The van der Waals surface area contributed by atoms with E-state index in [2.05, 4.69) is 25.2 Å². The third kappa shape index (κ3) is 1.53. The molecular weight excluding hydrogens is 226 g/mol. The Morgan fingerprint density at radius 1 is 1.24 bits per heavy atom. The Bertz CT molecular complexity index is 434. The van der Waals surface area contributed by atoms with E-state index in [0.717, 1.165) is 36.3 Å². The lowest BCUT2D eigenvalue weighted by Gasteiger charge is -2.10. The third-order valence-corrected chi connectivity index (χ3v) is 6.42. The summed E-state index contributed by atoms with van der Waals surface area (Å²) in [6.45, 7) is 5.58. The van der Waals surface area contributed by atoms with Crippen molar-refractivity contribution < 1.29 is 0 Å². The lowest BCUT2D eigenvalue weighted by Crippen LogP contribution is -2.22. The second-order valence-electron chi connectivity index (χ2n) is 6.33. The number of thiophene rings is 1. The Labute approximate surface area is 108 Å². The molecule has 1 nitrogen and oxygen atoms in total. The number of hydrogen-bond donors (Lipinski definition) is 1. The molecular formula is C15H21NS. The van der Waals surface area contributed by atoms with Crippen LogP contribution in [0.15, 0.2) is 6.07 Å². The van der Waals surface area contributed by atoms with Crippen molar-refractivity contribution in [3.8, 4) is 0 Å². The normalized spacial score (nSPS) is 41.9. The molecule has 3 aliphatic rings. The van der Waals surface area contributed by atoms with E-state index in [1.54, 1.807) is 6.42 Å². The SMILES string of the molecule is Cc1cc(CNC2C3C4CCC(C4)C23)c(C)s1. The Morgan fingerprint density at radius 2 is 1.94 bits per heavy atom. The van der Waals surface area contributed by atoms with Gasteiger partial charge < -0.3 is 5.32 Å². The molecule has 0 saturated heterocycles. The van der Waals surface area contributed by atoms with Gasteiger partial charge in [-0.15, -0.1) is 11.3 Å². The average Bonchev–Trinajstić information content (AvgIpc) is 2.64. The first-order chi connectivity index (χ1) is 8.24. The van der Waals surface area contributed by atoms with Gasteiger partial charge in [0.05, 0.1) is 0 Å². The third-order valence-electron chi connectivity index (χ3n) is 5.41. The minimum atomic E-state index is 0.876. The number of rotatable bonds is 3. The summed E-state index contributed by atoms with van der Waals surface area (Å²) in [6, 6.07) is 3.24. The van der Waals surface area contributed by atoms with Crippen molar-refractivity contribution in [2.45, 2.75) is 45.7 Å². The van der Waals surface area contributed by atoms with Crippen molar-refractivity contribution in [2.24, 2.45) is 23.7 Å². The fourth-order valence-corrected chi connectivity index (χ4v) is 5.63. The number of fused-ring (bicyclic) bond motifs is 5. The molecule has 4 unspecified atom stereocenters. The van der Waals surface area contributed by atoms with Crippen LogP contribution in [0, 0.1) is 37.5 Å². The van der Waals surface area contributed by atoms with Crippen LogP contribution in [0.5, 0.6) is 0 Å². The van der Waals surface area contributed by atoms with Crippen LogP contribution >= 0.6 is 11.3 Å². The second kappa shape index (κ2) is 3.58. The summed E-state index contributed by atoms with van der Waals surface area (Å²) in [7, 11) is 0. The van der Waals surface area contributed by atoms with E-state index in [9.17, 15) is 0 Å². The highest BCUT2D eigenvalue weighted by atomic mass is 32.1. The molecule has 0 amide bonds. The van der Waals surface area contributed by atoms with E-state index < -0.39 is 0 Å². The van der Waals surface area contributed by atoms with Gasteiger partial charge in [0, 0.05) is 22.3 Å². The van der Waals surface area contributed by atoms with E-state index in [-0.39, 0.29) is 0 Å². The lowest BCUT2D eigenvalue weighted by atomic mass is 10.0. The van der Waals surface area contributed by atoms with Gasteiger partial charge in [-0.05, 0) is 68.4 Å². The predicted octanol–water partition coefficient (Wildman–Crippen LogP) is 3.50. The maximum Gasteiger partial charge on any atom is 0.0219 e. The van der Waals surface area contributed by atoms with Gasteiger partial charge in [0.25, 0.3) is 0 Å². The largest absolute Gasteiger partial charge is 0.309 e. The van der Waals surface area contributed by atoms with E-state index in [1.807, 2.05) is 11.3 Å². The first-order valence-electron chi connectivity index (χ1n) is 7.03. The van der Waals surface area contributed by atoms with Crippen LogP contribution in [0.2, 0.25) is 0 Å². The molecule has 3 saturated carbocycles. The molecule has 2 bridgehead atoms. The number of nitrogens with one attached hydrogen (secondary N) is 1. The molecule has 1 N–H and O–H groups in total. The molecule has 4 rings (SSSR count). The van der Waals surface area contributed by atoms with Crippen LogP contribution in [0.1, 0.15) is 34.6 Å². The maximum absolute atomic E-state index is 3.84. The number of hydrogen-bond acceptors (Lipinski definition) is 2. The number of aryl methyl sites for hydroxylation is 2. The zero-order chi connectivity index (χ0) is 11.6. The topological polar surface area (TPSA) is 12.0 Å². The highest BCUT2D eigenvalue weighted by molar-refractivity contribution is 7.12. The maximum atomic E-state index is 3.84. The fraction of sp³-hybridized carbons (Fsp3) is 0.733. The quantitative estimate of drug-likeness (QED) is 0.862. The highest BCUT2D eigenvalue weighted by Crippen LogP contribution is 2.65. The molecule has 17 heavy (non-hydrogen) atoms. The summed E-state index contributed by atoms with van der Waals surface area (Å²) in [6.07, 6.45) is 4.62. The lowest BCUT2D eigenvalue weighted by molar-refractivity contribution is 0.456. The Balaban J connectivity index is 1.40. The molecule has 2 heteroatoms. The van der Waals surface area contributed by atoms with Crippen LogP contribution in [0.4, 0.5) is 0 Å². The molecule has 0 radical (unpaired) electrons. The smallest absolute Gasteiger partial charge is 0.0219 e. The van der Waals surface area contributed by atoms with Gasteiger partial charge in [-0.3, -0.25) is 0 Å². The summed E-state index contributed by atoms with van der Waals surface area (Å²) in [5.74, 6) is 4.31. The van der Waals surface area contributed by atoms with Crippen molar-refractivity contribution in [1.29, 1.82) is 0 Å². The van der Waals surface area contributed by atoms with Gasteiger partial charge in [-0.25, -0.2) is 0 Å². The van der Waals surface area contributed by atoms with E-state index in [4.69, 9.17) is 0 Å². The van der Waals surface area contributed by atoms with E-state index in [0.29, 0.717) is 0 Å². The summed E-state index contributed by atoms with van der Waals surface area (Å²) in [4.78, 5) is 2.96.